The number of halogens is 1. The summed E-state index contributed by atoms with van der Waals surface area (Å²) < 4.78 is 0. The van der Waals surface area contributed by atoms with Gasteiger partial charge in [0.1, 0.15) is 0 Å². The summed E-state index contributed by atoms with van der Waals surface area (Å²) in [6, 6.07) is 0. The van der Waals surface area contributed by atoms with Crippen LogP contribution in [-0.2, 0) is 0 Å². The molecule has 1 saturated heterocycles. The molecule has 1 rings (SSSR count). The first kappa shape index (κ1) is 9.04. The van der Waals surface area contributed by atoms with Gasteiger partial charge in [-0.2, -0.15) is 0 Å². The fourth-order valence-corrected chi connectivity index (χ4v) is 1.41. The SMILES string of the molecule is CC(=CCl)CN1CC[C@H](O)C1. The fraction of sp³-hybridized carbons (Fsp3) is 0.750. The third-order valence-electron chi connectivity index (χ3n) is 1.91. The van der Waals surface area contributed by atoms with Crippen LogP contribution in [0.4, 0.5) is 0 Å². The standard InChI is InChI=1S/C8H14ClNO/c1-7(4-9)5-10-3-2-8(11)6-10/h4,8,11H,2-3,5-6H2,1H3/t8-/m0/s1. The number of hydrogen-bond donors (Lipinski definition) is 1. The Morgan fingerprint density at radius 3 is 3.00 bits per heavy atom. The zero-order valence-corrected chi connectivity index (χ0v) is 7.51. The first-order valence-corrected chi connectivity index (χ1v) is 4.32. The van der Waals surface area contributed by atoms with Crippen molar-refractivity contribution in [1.82, 2.24) is 4.90 Å². The predicted octanol–water partition coefficient (Wildman–Crippen LogP) is 1.20. The third kappa shape index (κ3) is 2.81. The van der Waals surface area contributed by atoms with Gasteiger partial charge in [-0.3, -0.25) is 4.90 Å². The molecule has 0 unspecified atom stereocenters. The van der Waals surface area contributed by atoms with Crippen LogP contribution >= 0.6 is 11.6 Å². The van der Waals surface area contributed by atoms with Crippen LogP contribution in [0.5, 0.6) is 0 Å². The summed E-state index contributed by atoms with van der Waals surface area (Å²) >= 11 is 5.52. The van der Waals surface area contributed by atoms with Crippen LogP contribution < -0.4 is 0 Å². The van der Waals surface area contributed by atoms with E-state index in [9.17, 15) is 5.11 Å². The van der Waals surface area contributed by atoms with E-state index in [-0.39, 0.29) is 6.10 Å². The number of β-amino-alcohol motifs (C(OH)–C–C–N with tert-alkyl or cyclic N) is 1. The van der Waals surface area contributed by atoms with Crippen molar-refractivity contribution < 1.29 is 5.11 Å². The molecule has 1 aliphatic heterocycles. The van der Waals surface area contributed by atoms with Crippen molar-refractivity contribution >= 4 is 11.6 Å². The largest absolute Gasteiger partial charge is 0.392 e. The molecule has 1 N–H and O–H groups in total. The van der Waals surface area contributed by atoms with Crippen molar-refractivity contribution in [3.63, 3.8) is 0 Å². The highest BCUT2D eigenvalue weighted by Crippen LogP contribution is 2.10. The second-order valence-electron chi connectivity index (χ2n) is 3.13. The van der Waals surface area contributed by atoms with Gasteiger partial charge in [0, 0.05) is 25.2 Å². The fourth-order valence-electron chi connectivity index (χ4n) is 1.34. The van der Waals surface area contributed by atoms with Gasteiger partial charge in [-0.1, -0.05) is 11.6 Å². The molecule has 3 heteroatoms. The molecule has 0 aromatic heterocycles. The van der Waals surface area contributed by atoms with Gasteiger partial charge in [0.25, 0.3) is 0 Å². The lowest BCUT2D eigenvalue weighted by Gasteiger charge is -2.13. The second kappa shape index (κ2) is 4.10. The van der Waals surface area contributed by atoms with E-state index in [0.717, 1.165) is 31.6 Å². The van der Waals surface area contributed by atoms with Gasteiger partial charge in [0.15, 0.2) is 0 Å². The third-order valence-corrected chi connectivity index (χ3v) is 2.28. The van der Waals surface area contributed by atoms with Gasteiger partial charge in [-0.15, -0.1) is 0 Å². The number of hydrogen-bond acceptors (Lipinski definition) is 2. The quantitative estimate of drug-likeness (QED) is 0.682. The minimum atomic E-state index is -0.127. The van der Waals surface area contributed by atoms with E-state index in [0.29, 0.717) is 0 Å². The van der Waals surface area contributed by atoms with E-state index in [1.54, 1.807) is 5.54 Å². The average molecular weight is 176 g/mol. The van der Waals surface area contributed by atoms with Crippen molar-refractivity contribution in [3.8, 4) is 0 Å². The van der Waals surface area contributed by atoms with Gasteiger partial charge in [-0.05, 0) is 18.9 Å². The first-order valence-electron chi connectivity index (χ1n) is 3.88. The Kier molecular flexibility index (Phi) is 3.37. The van der Waals surface area contributed by atoms with Crippen LogP contribution in [0.1, 0.15) is 13.3 Å². The Balaban J connectivity index is 2.28. The van der Waals surface area contributed by atoms with Crippen LogP contribution in [0.3, 0.4) is 0 Å². The number of likely N-dealkylation sites (tertiary alicyclic amines) is 1. The van der Waals surface area contributed by atoms with E-state index < -0.39 is 0 Å². The molecule has 0 bridgehead atoms. The Bertz CT molecular complexity index is 158. The molecule has 64 valence electrons. The number of aliphatic hydroxyl groups is 1. The minimum Gasteiger partial charge on any atom is -0.392 e. The highest BCUT2D eigenvalue weighted by Gasteiger charge is 2.19. The Morgan fingerprint density at radius 1 is 1.82 bits per heavy atom. The lowest BCUT2D eigenvalue weighted by molar-refractivity contribution is 0.179. The summed E-state index contributed by atoms with van der Waals surface area (Å²) in [7, 11) is 0. The topological polar surface area (TPSA) is 23.5 Å². The van der Waals surface area contributed by atoms with Crippen LogP contribution in [0.2, 0.25) is 0 Å². The van der Waals surface area contributed by atoms with Crippen molar-refractivity contribution in [2.75, 3.05) is 19.6 Å². The minimum absolute atomic E-state index is 0.127. The number of aliphatic hydroxyl groups excluding tert-OH is 1. The molecule has 11 heavy (non-hydrogen) atoms. The molecular formula is C8H14ClNO. The molecule has 0 radical (unpaired) electrons. The van der Waals surface area contributed by atoms with Crippen molar-refractivity contribution in [2.24, 2.45) is 0 Å². The predicted molar refractivity (Wildman–Crippen MR) is 46.7 cm³/mol. The molecule has 0 saturated carbocycles. The lowest BCUT2D eigenvalue weighted by Crippen LogP contribution is -2.23. The molecule has 1 aliphatic rings. The monoisotopic (exact) mass is 175 g/mol. The number of rotatable bonds is 2. The maximum absolute atomic E-state index is 9.19. The van der Waals surface area contributed by atoms with Gasteiger partial charge < -0.3 is 5.11 Å². The molecule has 0 aromatic rings. The molecule has 1 atom stereocenters. The van der Waals surface area contributed by atoms with Crippen molar-refractivity contribution in [2.45, 2.75) is 19.4 Å². The summed E-state index contributed by atoms with van der Waals surface area (Å²) in [6.07, 6.45) is 0.772. The van der Waals surface area contributed by atoms with Crippen molar-refractivity contribution in [1.29, 1.82) is 0 Å². The van der Waals surface area contributed by atoms with Crippen LogP contribution in [-0.4, -0.2) is 35.7 Å². The van der Waals surface area contributed by atoms with E-state index >= 15 is 0 Å². The first-order chi connectivity index (χ1) is 5.22. The van der Waals surface area contributed by atoms with Gasteiger partial charge in [0.2, 0.25) is 0 Å². The van der Waals surface area contributed by atoms with Gasteiger partial charge >= 0.3 is 0 Å². The molecule has 0 aromatic carbocycles. The smallest absolute Gasteiger partial charge is 0.0679 e. The van der Waals surface area contributed by atoms with Crippen LogP contribution in [0.25, 0.3) is 0 Å². The summed E-state index contributed by atoms with van der Waals surface area (Å²) in [4.78, 5) is 2.21. The van der Waals surface area contributed by atoms with Crippen LogP contribution in [0, 0.1) is 0 Å². The summed E-state index contributed by atoms with van der Waals surface area (Å²) in [5.74, 6) is 0. The maximum atomic E-state index is 9.19. The molecule has 0 aliphatic carbocycles. The Morgan fingerprint density at radius 2 is 2.55 bits per heavy atom. The van der Waals surface area contributed by atoms with Gasteiger partial charge in [0.05, 0.1) is 6.10 Å². The zero-order chi connectivity index (χ0) is 8.27. The summed E-state index contributed by atoms with van der Waals surface area (Å²) in [5, 5.41) is 9.19. The Hall–Kier alpha value is -0.0500. The highest BCUT2D eigenvalue weighted by atomic mass is 35.5. The van der Waals surface area contributed by atoms with Gasteiger partial charge in [-0.25, -0.2) is 0 Å². The molecule has 1 fully saturated rings. The molecule has 0 spiro atoms. The normalized spacial score (nSPS) is 27.9. The van der Waals surface area contributed by atoms with E-state index in [1.165, 1.54) is 0 Å². The molecule has 1 heterocycles. The van der Waals surface area contributed by atoms with Crippen molar-refractivity contribution in [3.05, 3.63) is 11.1 Å². The molecule has 2 nitrogen and oxygen atoms in total. The lowest BCUT2D eigenvalue weighted by atomic mass is 10.3. The summed E-state index contributed by atoms with van der Waals surface area (Å²) in [6.45, 7) is 4.67. The van der Waals surface area contributed by atoms with E-state index in [2.05, 4.69) is 4.90 Å². The molecule has 0 amide bonds. The molecular weight excluding hydrogens is 162 g/mol. The average Bonchev–Trinajstić information content (AvgIpc) is 2.35. The van der Waals surface area contributed by atoms with E-state index in [4.69, 9.17) is 11.6 Å². The zero-order valence-electron chi connectivity index (χ0n) is 6.76. The second-order valence-corrected chi connectivity index (χ2v) is 3.35. The maximum Gasteiger partial charge on any atom is 0.0679 e. The summed E-state index contributed by atoms with van der Waals surface area (Å²) in [5.41, 5.74) is 2.76. The van der Waals surface area contributed by atoms with Crippen LogP contribution in [0.15, 0.2) is 11.1 Å². The van der Waals surface area contributed by atoms with E-state index in [1.807, 2.05) is 6.92 Å². The Labute approximate surface area is 72.5 Å². The highest BCUT2D eigenvalue weighted by molar-refractivity contribution is 6.25. The number of nitrogens with zero attached hydrogens (tertiary/aromatic N) is 1.